The molecule has 1 N–H and O–H groups in total. The van der Waals surface area contributed by atoms with E-state index in [0.29, 0.717) is 25.1 Å². The molecule has 3 rings (SSSR count). The third-order valence-electron chi connectivity index (χ3n) is 5.14. The standard InChI is InChI=1S/C22H28N2O3S/c1-4-5-12-24-21-10-9-20(14-18(21)8-11-22(24)25)23-28(26,27)15-19-13-16(2)6-7-17(19)3/h6-7,9-10,13-14,23H,4-5,8,11-12,15H2,1-3H3. The highest BCUT2D eigenvalue weighted by molar-refractivity contribution is 7.91. The zero-order valence-corrected chi connectivity index (χ0v) is 17.6. The van der Waals surface area contributed by atoms with E-state index < -0.39 is 10.0 Å². The van der Waals surface area contributed by atoms with Gasteiger partial charge in [0.2, 0.25) is 15.9 Å². The molecule has 0 aliphatic carbocycles. The predicted molar refractivity (Wildman–Crippen MR) is 114 cm³/mol. The minimum atomic E-state index is -3.52. The van der Waals surface area contributed by atoms with Gasteiger partial charge in [0.05, 0.1) is 5.75 Å². The van der Waals surface area contributed by atoms with Gasteiger partial charge in [-0.05, 0) is 61.6 Å². The molecule has 0 bridgehead atoms. The van der Waals surface area contributed by atoms with E-state index in [-0.39, 0.29) is 11.7 Å². The Kier molecular flexibility index (Phi) is 6.08. The molecule has 0 unspecified atom stereocenters. The van der Waals surface area contributed by atoms with Gasteiger partial charge in [-0.1, -0.05) is 37.1 Å². The molecule has 1 aliphatic rings. The number of aryl methyl sites for hydroxylation is 3. The fraction of sp³-hybridized carbons (Fsp3) is 0.409. The van der Waals surface area contributed by atoms with Crippen LogP contribution in [0.25, 0.3) is 0 Å². The summed E-state index contributed by atoms with van der Waals surface area (Å²) in [5, 5.41) is 0. The lowest BCUT2D eigenvalue weighted by Crippen LogP contribution is -2.35. The summed E-state index contributed by atoms with van der Waals surface area (Å²) in [7, 11) is -3.52. The molecule has 0 spiro atoms. The molecule has 0 fully saturated rings. The van der Waals surface area contributed by atoms with Crippen LogP contribution in [0.3, 0.4) is 0 Å². The first-order chi connectivity index (χ1) is 13.3. The number of hydrogen-bond acceptors (Lipinski definition) is 3. The number of nitrogens with zero attached hydrogens (tertiary/aromatic N) is 1. The molecule has 0 saturated heterocycles. The minimum absolute atomic E-state index is 0.0568. The van der Waals surface area contributed by atoms with Crippen molar-refractivity contribution in [1.82, 2.24) is 0 Å². The Morgan fingerprint density at radius 1 is 1.07 bits per heavy atom. The van der Waals surface area contributed by atoms with Gasteiger partial charge in [-0.2, -0.15) is 0 Å². The van der Waals surface area contributed by atoms with Crippen LogP contribution < -0.4 is 9.62 Å². The van der Waals surface area contributed by atoms with Crippen LogP contribution in [0.5, 0.6) is 0 Å². The number of sulfonamides is 1. The van der Waals surface area contributed by atoms with Crippen molar-refractivity contribution in [2.75, 3.05) is 16.2 Å². The number of amides is 1. The molecule has 2 aromatic rings. The summed E-state index contributed by atoms with van der Waals surface area (Å²) in [5.74, 6) is 0.0859. The lowest BCUT2D eigenvalue weighted by Gasteiger charge is -2.30. The Morgan fingerprint density at radius 2 is 1.86 bits per heavy atom. The monoisotopic (exact) mass is 400 g/mol. The number of rotatable bonds is 7. The second-order valence-electron chi connectivity index (χ2n) is 7.53. The summed E-state index contributed by atoms with van der Waals surface area (Å²) in [6.45, 7) is 6.69. The second-order valence-corrected chi connectivity index (χ2v) is 9.26. The van der Waals surface area contributed by atoms with Gasteiger partial charge in [0.25, 0.3) is 0 Å². The average molecular weight is 401 g/mol. The van der Waals surface area contributed by atoms with Crippen LogP contribution in [0, 0.1) is 13.8 Å². The third kappa shape index (κ3) is 4.73. The summed E-state index contributed by atoms with van der Waals surface area (Å²) in [6.07, 6.45) is 3.09. The van der Waals surface area contributed by atoms with E-state index in [1.54, 1.807) is 6.07 Å². The van der Waals surface area contributed by atoms with Crippen LogP contribution in [-0.4, -0.2) is 20.9 Å². The minimum Gasteiger partial charge on any atom is -0.312 e. The highest BCUT2D eigenvalue weighted by Gasteiger charge is 2.24. The first-order valence-electron chi connectivity index (χ1n) is 9.79. The van der Waals surface area contributed by atoms with E-state index >= 15 is 0 Å². The number of anilines is 2. The largest absolute Gasteiger partial charge is 0.312 e. The Morgan fingerprint density at radius 3 is 2.61 bits per heavy atom. The fourth-order valence-electron chi connectivity index (χ4n) is 3.56. The maximum atomic E-state index is 12.7. The second kappa shape index (κ2) is 8.35. The molecule has 0 aromatic heterocycles. The quantitative estimate of drug-likeness (QED) is 0.752. The summed E-state index contributed by atoms with van der Waals surface area (Å²) >= 11 is 0. The van der Waals surface area contributed by atoms with Gasteiger partial charge in [0.15, 0.2) is 0 Å². The summed E-state index contributed by atoms with van der Waals surface area (Å²) in [5.41, 5.74) is 5.29. The lowest BCUT2D eigenvalue weighted by molar-refractivity contribution is -0.118. The predicted octanol–water partition coefficient (Wildman–Crippen LogP) is 4.32. The zero-order valence-electron chi connectivity index (χ0n) is 16.8. The molecule has 0 saturated carbocycles. The number of carbonyl (C=O) groups is 1. The highest BCUT2D eigenvalue weighted by Crippen LogP contribution is 2.31. The van der Waals surface area contributed by atoms with Gasteiger partial charge in [0, 0.05) is 24.3 Å². The van der Waals surface area contributed by atoms with E-state index in [2.05, 4.69) is 11.6 Å². The summed E-state index contributed by atoms with van der Waals surface area (Å²) in [4.78, 5) is 14.1. The molecule has 5 nitrogen and oxygen atoms in total. The number of hydrogen-bond donors (Lipinski definition) is 1. The Hall–Kier alpha value is -2.34. The molecule has 150 valence electrons. The van der Waals surface area contributed by atoms with Gasteiger partial charge >= 0.3 is 0 Å². The Labute approximate surface area is 167 Å². The maximum absolute atomic E-state index is 12.7. The van der Waals surface area contributed by atoms with Gasteiger partial charge in [0.1, 0.15) is 0 Å². The lowest BCUT2D eigenvalue weighted by atomic mass is 10.00. The summed E-state index contributed by atoms with van der Waals surface area (Å²) in [6, 6.07) is 11.3. The van der Waals surface area contributed by atoms with Crippen molar-refractivity contribution in [3.05, 3.63) is 58.7 Å². The van der Waals surface area contributed by atoms with Crippen molar-refractivity contribution < 1.29 is 13.2 Å². The van der Waals surface area contributed by atoms with Crippen molar-refractivity contribution in [2.45, 2.75) is 52.2 Å². The number of fused-ring (bicyclic) bond motifs is 1. The van der Waals surface area contributed by atoms with Crippen LogP contribution >= 0.6 is 0 Å². The van der Waals surface area contributed by atoms with Crippen molar-refractivity contribution in [1.29, 1.82) is 0 Å². The van der Waals surface area contributed by atoms with Crippen LogP contribution in [0.4, 0.5) is 11.4 Å². The number of benzene rings is 2. The molecule has 2 aromatic carbocycles. The SMILES string of the molecule is CCCCN1C(=O)CCc2cc(NS(=O)(=O)Cc3cc(C)ccc3C)ccc21. The number of nitrogens with one attached hydrogen (secondary N) is 1. The first kappa shape index (κ1) is 20.4. The van der Waals surface area contributed by atoms with Crippen LogP contribution in [0.1, 0.15) is 48.4 Å². The molecular weight excluding hydrogens is 372 g/mol. The van der Waals surface area contributed by atoms with Crippen molar-refractivity contribution in [2.24, 2.45) is 0 Å². The molecule has 6 heteroatoms. The number of carbonyl (C=O) groups excluding carboxylic acids is 1. The normalized spacial score (nSPS) is 14.1. The molecule has 28 heavy (non-hydrogen) atoms. The van der Waals surface area contributed by atoms with Gasteiger partial charge < -0.3 is 4.90 Å². The van der Waals surface area contributed by atoms with Crippen LogP contribution in [-0.2, 0) is 27.0 Å². The van der Waals surface area contributed by atoms with E-state index in [1.807, 2.05) is 49.1 Å². The molecule has 0 atom stereocenters. The smallest absolute Gasteiger partial charge is 0.236 e. The summed E-state index contributed by atoms with van der Waals surface area (Å²) < 4.78 is 28.1. The van der Waals surface area contributed by atoms with Crippen molar-refractivity contribution in [3.8, 4) is 0 Å². The Balaban J connectivity index is 1.79. The zero-order chi connectivity index (χ0) is 20.3. The van der Waals surface area contributed by atoms with E-state index in [0.717, 1.165) is 40.8 Å². The van der Waals surface area contributed by atoms with E-state index in [4.69, 9.17) is 0 Å². The van der Waals surface area contributed by atoms with Gasteiger partial charge in [-0.25, -0.2) is 8.42 Å². The average Bonchev–Trinajstić information content (AvgIpc) is 2.63. The molecule has 0 radical (unpaired) electrons. The van der Waals surface area contributed by atoms with Gasteiger partial charge in [-0.3, -0.25) is 9.52 Å². The Bertz CT molecular complexity index is 983. The van der Waals surface area contributed by atoms with E-state index in [9.17, 15) is 13.2 Å². The number of unbranched alkanes of at least 4 members (excludes halogenated alkanes) is 1. The van der Waals surface area contributed by atoms with Crippen molar-refractivity contribution >= 4 is 27.3 Å². The molecular formula is C22H28N2O3S. The van der Waals surface area contributed by atoms with E-state index in [1.165, 1.54) is 0 Å². The van der Waals surface area contributed by atoms with Crippen LogP contribution in [0.2, 0.25) is 0 Å². The van der Waals surface area contributed by atoms with Crippen LogP contribution in [0.15, 0.2) is 36.4 Å². The first-order valence-corrected chi connectivity index (χ1v) is 11.4. The van der Waals surface area contributed by atoms with Gasteiger partial charge in [-0.15, -0.1) is 0 Å². The maximum Gasteiger partial charge on any atom is 0.236 e. The molecule has 1 amide bonds. The molecule has 1 heterocycles. The topological polar surface area (TPSA) is 66.5 Å². The fourth-order valence-corrected chi connectivity index (χ4v) is 4.84. The highest BCUT2D eigenvalue weighted by atomic mass is 32.2. The third-order valence-corrected chi connectivity index (χ3v) is 6.38. The van der Waals surface area contributed by atoms with Crippen molar-refractivity contribution in [3.63, 3.8) is 0 Å². The molecule has 1 aliphatic heterocycles.